The van der Waals surface area contributed by atoms with Crippen LogP contribution in [0, 0.1) is 10.5 Å². The minimum absolute atomic E-state index is 0.335. The zero-order valence-corrected chi connectivity index (χ0v) is 13.7. The van der Waals surface area contributed by atoms with E-state index in [-0.39, 0.29) is 12.5 Å². The lowest BCUT2D eigenvalue weighted by Crippen LogP contribution is -2.21. The number of aryl methyl sites for hydroxylation is 1. The number of aromatic nitrogens is 2. The minimum Gasteiger partial charge on any atom is -0.452 e. The summed E-state index contributed by atoms with van der Waals surface area (Å²) in [6.45, 7) is 1.42. The highest BCUT2D eigenvalue weighted by Gasteiger charge is 2.16. The van der Waals surface area contributed by atoms with Crippen LogP contribution in [-0.4, -0.2) is 28.3 Å². The van der Waals surface area contributed by atoms with Gasteiger partial charge >= 0.3 is 5.97 Å². The van der Waals surface area contributed by atoms with E-state index in [4.69, 9.17) is 4.74 Å². The van der Waals surface area contributed by atoms with Gasteiger partial charge in [0.05, 0.1) is 11.9 Å². The number of nitrogens with zero attached hydrogens (tertiary/aromatic N) is 2. The number of ether oxygens (including phenoxy) is 1. The molecule has 21 heavy (non-hydrogen) atoms. The zero-order valence-electron chi connectivity index (χ0n) is 11.6. The van der Waals surface area contributed by atoms with Crippen molar-refractivity contribution in [2.45, 2.75) is 6.92 Å². The smallest absolute Gasteiger partial charge is 0.342 e. The molecular formula is C14H14IN3O3. The number of carbonyl (C=O) groups excluding carboxylic acids is 2. The second kappa shape index (κ2) is 6.70. The number of hydrogen-bond donors (Lipinski definition) is 1. The monoisotopic (exact) mass is 399 g/mol. The van der Waals surface area contributed by atoms with E-state index in [1.54, 1.807) is 24.7 Å². The molecular weight excluding hydrogens is 385 g/mol. The Labute approximate surface area is 135 Å². The summed E-state index contributed by atoms with van der Waals surface area (Å²) in [5.41, 5.74) is 1.74. The molecule has 6 nitrogen and oxygen atoms in total. The highest BCUT2D eigenvalue weighted by molar-refractivity contribution is 14.1. The molecule has 1 aromatic heterocycles. The Morgan fingerprint density at radius 3 is 2.71 bits per heavy atom. The third kappa shape index (κ3) is 3.81. The fraction of sp³-hybridized carbons (Fsp3) is 0.214. The van der Waals surface area contributed by atoms with Gasteiger partial charge < -0.3 is 10.1 Å². The fourth-order valence-electron chi connectivity index (χ4n) is 1.66. The second-order valence-electron chi connectivity index (χ2n) is 4.37. The van der Waals surface area contributed by atoms with Crippen LogP contribution in [0.3, 0.4) is 0 Å². The first kappa shape index (κ1) is 15.5. The molecule has 7 heteroatoms. The summed E-state index contributed by atoms with van der Waals surface area (Å²) in [4.78, 5) is 23.6. The van der Waals surface area contributed by atoms with Gasteiger partial charge in [0.2, 0.25) is 0 Å². The lowest BCUT2D eigenvalue weighted by Gasteiger charge is -2.07. The maximum absolute atomic E-state index is 11.8. The number of para-hydroxylation sites is 1. The predicted molar refractivity (Wildman–Crippen MR) is 86.0 cm³/mol. The van der Waals surface area contributed by atoms with Gasteiger partial charge in [0.1, 0.15) is 5.56 Å². The van der Waals surface area contributed by atoms with Gasteiger partial charge in [-0.25, -0.2) is 4.79 Å². The molecule has 0 spiro atoms. The number of amides is 1. The van der Waals surface area contributed by atoms with Crippen LogP contribution in [0.25, 0.3) is 0 Å². The van der Waals surface area contributed by atoms with Crippen molar-refractivity contribution < 1.29 is 14.3 Å². The summed E-state index contributed by atoms with van der Waals surface area (Å²) in [6.07, 6.45) is 1.43. The summed E-state index contributed by atoms with van der Waals surface area (Å²) in [5.74, 6) is -0.937. The first-order valence-electron chi connectivity index (χ1n) is 6.19. The van der Waals surface area contributed by atoms with Crippen molar-refractivity contribution in [3.05, 3.63) is 45.3 Å². The van der Waals surface area contributed by atoms with Crippen LogP contribution < -0.4 is 5.32 Å². The number of benzene rings is 1. The molecule has 0 bridgehead atoms. The molecule has 1 amide bonds. The van der Waals surface area contributed by atoms with Gasteiger partial charge in [-0.05, 0) is 41.6 Å². The number of halogens is 1. The molecule has 2 aromatic rings. The Balaban J connectivity index is 1.91. The molecule has 1 aromatic carbocycles. The van der Waals surface area contributed by atoms with Gasteiger partial charge in [-0.2, -0.15) is 5.10 Å². The first-order chi connectivity index (χ1) is 9.99. The van der Waals surface area contributed by atoms with Crippen LogP contribution in [0.1, 0.15) is 16.1 Å². The summed E-state index contributed by atoms with van der Waals surface area (Å²) in [7, 11) is 1.73. The molecule has 0 saturated carbocycles. The summed E-state index contributed by atoms with van der Waals surface area (Å²) in [6, 6.07) is 7.36. The maximum atomic E-state index is 11.8. The largest absolute Gasteiger partial charge is 0.452 e. The summed E-state index contributed by atoms with van der Waals surface area (Å²) < 4.78 is 7.48. The van der Waals surface area contributed by atoms with Gasteiger partial charge in [0, 0.05) is 16.3 Å². The average molecular weight is 399 g/mol. The lowest BCUT2D eigenvalue weighted by molar-refractivity contribution is -0.119. The van der Waals surface area contributed by atoms with Crippen molar-refractivity contribution in [1.29, 1.82) is 0 Å². The molecule has 0 atom stereocenters. The number of rotatable bonds is 4. The molecule has 0 aliphatic rings. The third-order valence-electron chi connectivity index (χ3n) is 2.94. The topological polar surface area (TPSA) is 73.2 Å². The molecule has 0 unspecified atom stereocenters. The molecule has 1 heterocycles. The van der Waals surface area contributed by atoms with E-state index >= 15 is 0 Å². The molecule has 110 valence electrons. The summed E-state index contributed by atoms with van der Waals surface area (Å²) >= 11 is 2.12. The first-order valence-corrected chi connectivity index (χ1v) is 7.27. The van der Waals surface area contributed by atoms with Gasteiger partial charge in [0.25, 0.3) is 5.91 Å². The Morgan fingerprint density at radius 1 is 1.38 bits per heavy atom. The van der Waals surface area contributed by atoms with Crippen LogP contribution in [0.15, 0.2) is 30.5 Å². The van der Waals surface area contributed by atoms with Gasteiger partial charge in [-0.15, -0.1) is 0 Å². The van der Waals surface area contributed by atoms with E-state index in [0.717, 1.165) is 3.57 Å². The van der Waals surface area contributed by atoms with Crippen molar-refractivity contribution in [3.63, 3.8) is 0 Å². The van der Waals surface area contributed by atoms with Gasteiger partial charge in [0.15, 0.2) is 6.61 Å². The van der Waals surface area contributed by atoms with Crippen molar-refractivity contribution in [2.24, 2.45) is 7.05 Å². The van der Waals surface area contributed by atoms with Crippen molar-refractivity contribution >= 4 is 40.2 Å². The van der Waals surface area contributed by atoms with Gasteiger partial charge in [-0.3, -0.25) is 9.48 Å². The van der Waals surface area contributed by atoms with E-state index in [0.29, 0.717) is 16.9 Å². The third-order valence-corrected chi connectivity index (χ3v) is 3.88. The number of esters is 1. The molecule has 1 N–H and O–H groups in total. The number of carbonyl (C=O) groups is 2. The van der Waals surface area contributed by atoms with Crippen LogP contribution >= 0.6 is 22.6 Å². The van der Waals surface area contributed by atoms with E-state index in [2.05, 4.69) is 33.0 Å². The number of nitrogens with one attached hydrogen (secondary N) is 1. The van der Waals surface area contributed by atoms with E-state index < -0.39 is 5.97 Å². The molecule has 0 radical (unpaired) electrons. The van der Waals surface area contributed by atoms with Crippen molar-refractivity contribution in [3.8, 4) is 0 Å². The Kier molecular flexibility index (Phi) is 4.94. The van der Waals surface area contributed by atoms with Crippen molar-refractivity contribution in [1.82, 2.24) is 9.78 Å². The minimum atomic E-state index is -0.557. The molecule has 0 saturated heterocycles. The van der Waals surface area contributed by atoms with Crippen molar-refractivity contribution in [2.75, 3.05) is 11.9 Å². The number of anilines is 1. The molecule has 2 rings (SSSR count). The standard InChI is InChI=1S/C14H14IN3O3/c1-9-10(7-16-18(9)2)14(20)21-8-13(19)17-12-6-4-3-5-11(12)15/h3-7H,8H2,1-2H3,(H,17,19). The second-order valence-corrected chi connectivity index (χ2v) is 5.53. The predicted octanol–water partition coefficient (Wildman–Crippen LogP) is 2.13. The summed E-state index contributed by atoms with van der Waals surface area (Å²) in [5, 5.41) is 6.65. The lowest BCUT2D eigenvalue weighted by atomic mass is 10.3. The Hall–Kier alpha value is -1.90. The Bertz CT molecular complexity index is 682. The van der Waals surface area contributed by atoms with E-state index in [1.807, 2.05) is 18.2 Å². The van der Waals surface area contributed by atoms with Gasteiger partial charge in [-0.1, -0.05) is 12.1 Å². The highest BCUT2D eigenvalue weighted by Crippen LogP contribution is 2.16. The molecule has 0 fully saturated rings. The average Bonchev–Trinajstić information content (AvgIpc) is 2.79. The van der Waals surface area contributed by atoms with Crippen LogP contribution in [0.5, 0.6) is 0 Å². The number of hydrogen-bond acceptors (Lipinski definition) is 4. The maximum Gasteiger partial charge on any atom is 0.342 e. The van der Waals surface area contributed by atoms with Crippen LogP contribution in [0.4, 0.5) is 5.69 Å². The molecule has 0 aliphatic carbocycles. The highest BCUT2D eigenvalue weighted by atomic mass is 127. The van der Waals surface area contributed by atoms with E-state index in [9.17, 15) is 9.59 Å². The Morgan fingerprint density at radius 2 is 2.10 bits per heavy atom. The van der Waals surface area contributed by atoms with E-state index in [1.165, 1.54) is 6.20 Å². The normalized spacial score (nSPS) is 10.2. The SMILES string of the molecule is Cc1c(C(=O)OCC(=O)Nc2ccccc2I)cnn1C. The zero-order chi connectivity index (χ0) is 15.4. The van der Waals surface area contributed by atoms with Crippen LogP contribution in [-0.2, 0) is 16.6 Å². The quantitative estimate of drug-likeness (QED) is 0.632. The molecule has 0 aliphatic heterocycles. The fourth-order valence-corrected chi connectivity index (χ4v) is 2.18. The van der Waals surface area contributed by atoms with Crippen LogP contribution in [0.2, 0.25) is 0 Å².